The van der Waals surface area contributed by atoms with Crippen LogP contribution in [0.3, 0.4) is 0 Å². The average Bonchev–Trinajstić information content (AvgIpc) is 3.38. The van der Waals surface area contributed by atoms with E-state index in [1.54, 1.807) is 19.2 Å². The van der Waals surface area contributed by atoms with Gasteiger partial charge in [-0.3, -0.25) is 4.79 Å². The van der Waals surface area contributed by atoms with Gasteiger partial charge in [-0.25, -0.2) is 4.98 Å². The lowest BCUT2D eigenvalue weighted by Gasteiger charge is -2.06. The van der Waals surface area contributed by atoms with Crippen LogP contribution in [0.5, 0.6) is 5.75 Å². The van der Waals surface area contributed by atoms with Gasteiger partial charge in [-0.05, 0) is 36.8 Å². The first-order valence-corrected chi connectivity index (χ1v) is 9.20. The molecule has 1 amide bonds. The maximum atomic E-state index is 13.9. The van der Waals surface area contributed by atoms with Crippen LogP contribution in [0.25, 0.3) is 22.2 Å². The number of nitrogens with one attached hydrogen (secondary N) is 2. The number of ether oxygens (including phenoxy) is 2. The molecular weight excluding hydrogens is 385 g/mol. The number of nitrogens with zero attached hydrogens (tertiary/aromatic N) is 1. The summed E-state index contributed by atoms with van der Waals surface area (Å²) in [7, 11) is 3.00. The lowest BCUT2D eigenvalue weighted by Crippen LogP contribution is -2.25. The van der Waals surface area contributed by atoms with Crippen LogP contribution < -0.4 is 10.1 Å². The molecule has 28 heavy (non-hydrogen) atoms. The van der Waals surface area contributed by atoms with E-state index in [0.717, 1.165) is 23.0 Å². The van der Waals surface area contributed by atoms with Gasteiger partial charge in [-0.2, -0.15) is 4.39 Å². The molecule has 2 atom stereocenters. The van der Waals surface area contributed by atoms with E-state index in [1.165, 1.54) is 13.2 Å². The van der Waals surface area contributed by atoms with Gasteiger partial charge in [0.1, 0.15) is 0 Å². The lowest BCUT2D eigenvalue weighted by molar-refractivity contribution is -0.123. The van der Waals surface area contributed by atoms with Crippen molar-refractivity contribution in [1.82, 2.24) is 15.3 Å². The summed E-state index contributed by atoms with van der Waals surface area (Å²) < 4.78 is 24.0. The predicted molar refractivity (Wildman–Crippen MR) is 104 cm³/mol. The smallest absolute Gasteiger partial charge is 0.255 e. The van der Waals surface area contributed by atoms with Crippen molar-refractivity contribution in [3.05, 3.63) is 47.0 Å². The molecule has 0 spiro atoms. The maximum absolute atomic E-state index is 13.9. The Morgan fingerprint density at radius 2 is 2.18 bits per heavy atom. The number of carbonyl (C=O) groups is 1. The second kappa shape index (κ2) is 7.41. The Labute approximate surface area is 166 Å². The van der Waals surface area contributed by atoms with Crippen LogP contribution in [0.1, 0.15) is 12.1 Å². The van der Waals surface area contributed by atoms with Crippen molar-refractivity contribution >= 4 is 28.4 Å². The number of amides is 1. The summed E-state index contributed by atoms with van der Waals surface area (Å²) in [5, 5.41) is 4.26. The third-order valence-corrected chi connectivity index (χ3v) is 5.21. The largest absolute Gasteiger partial charge is 0.492 e. The highest BCUT2D eigenvalue weighted by atomic mass is 35.5. The number of benzene rings is 1. The number of hydrogen-bond donors (Lipinski definition) is 2. The number of carbonyl (C=O) groups excluding carboxylic acids is 1. The zero-order valence-electron chi connectivity index (χ0n) is 15.4. The Bertz CT molecular complexity index is 1050. The van der Waals surface area contributed by atoms with Crippen LogP contribution in [0.4, 0.5) is 4.39 Å². The Hall–Kier alpha value is -2.64. The van der Waals surface area contributed by atoms with Crippen molar-refractivity contribution in [2.45, 2.75) is 19.1 Å². The molecular formula is C20H19ClFN3O3. The molecule has 0 bridgehead atoms. The van der Waals surface area contributed by atoms with Crippen molar-refractivity contribution < 1.29 is 18.7 Å². The molecule has 0 aliphatic heterocycles. The number of pyridine rings is 1. The van der Waals surface area contributed by atoms with Gasteiger partial charge in [-0.15, -0.1) is 0 Å². The van der Waals surface area contributed by atoms with Crippen molar-refractivity contribution in [3.8, 4) is 17.0 Å². The van der Waals surface area contributed by atoms with Crippen LogP contribution in [-0.4, -0.2) is 36.2 Å². The molecule has 4 rings (SSSR count). The number of hydrogen-bond acceptors (Lipinski definition) is 4. The quantitative estimate of drug-likeness (QED) is 0.615. The fraction of sp³-hybridized carbons (Fsp3) is 0.300. The molecule has 1 aliphatic carbocycles. The number of aromatic nitrogens is 2. The first kappa shape index (κ1) is 18.7. The lowest BCUT2D eigenvalue weighted by atomic mass is 10.1. The molecule has 6 nitrogen and oxygen atoms in total. The zero-order chi connectivity index (χ0) is 19.8. The second-order valence-electron chi connectivity index (χ2n) is 6.74. The van der Waals surface area contributed by atoms with E-state index in [4.69, 9.17) is 21.1 Å². The third-order valence-electron chi connectivity index (χ3n) is 4.90. The first-order chi connectivity index (χ1) is 13.5. The number of rotatable bonds is 6. The molecule has 1 aromatic carbocycles. The fourth-order valence-electron chi connectivity index (χ4n) is 3.25. The summed E-state index contributed by atoms with van der Waals surface area (Å²) in [5.41, 5.74) is 2.69. The minimum atomic E-state index is -0.694. The van der Waals surface area contributed by atoms with Crippen molar-refractivity contribution in [3.63, 3.8) is 0 Å². The Morgan fingerprint density at radius 1 is 1.36 bits per heavy atom. The zero-order valence-corrected chi connectivity index (χ0v) is 16.1. The van der Waals surface area contributed by atoms with Crippen LogP contribution >= 0.6 is 11.6 Å². The molecule has 1 saturated carbocycles. The predicted octanol–water partition coefficient (Wildman–Crippen LogP) is 3.68. The summed E-state index contributed by atoms with van der Waals surface area (Å²) >= 11 is 6.39. The number of halogens is 2. The van der Waals surface area contributed by atoms with E-state index in [0.29, 0.717) is 22.8 Å². The number of fused-ring (bicyclic) bond motifs is 1. The standard InChI is InChI=1S/C20H19ClFN3O3/c1-27-17-4-3-15(25-19(17)22)12-7-16-10(6-14(12)21)5-11(24-16)9-23-20(26)13-8-18(13)28-2/h3-7,13,18,24H,8-9H2,1-2H3,(H,23,26)/t13-,18-/m1/s1. The van der Waals surface area contributed by atoms with Gasteiger partial charge in [-0.1, -0.05) is 11.6 Å². The highest BCUT2D eigenvalue weighted by Crippen LogP contribution is 2.34. The first-order valence-electron chi connectivity index (χ1n) is 8.82. The minimum absolute atomic E-state index is 0.0119. The van der Waals surface area contributed by atoms with Crippen molar-refractivity contribution in [2.75, 3.05) is 14.2 Å². The van der Waals surface area contributed by atoms with Gasteiger partial charge in [0.15, 0.2) is 5.75 Å². The highest BCUT2D eigenvalue weighted by Gasteiger charge is 2.43. The summed E-state index contributed by atoms with van der Waals surface area (Å²) in [4.78, 5) is 19.3. The molecule has 8 heteroatoms. The van der Waals surface area contributed by atoms with E-state index in [9.17, 15) is 9.18 Å². The molecule has 2 N–H and O–H groups in total. The van der Waals surface area contributed by atoms with Gasteiger partial charge in [0, 0.05) is 29.3 Å². The fourth-order valence-corrected chi connectivity index (χ4v) is 3.52. The number of H-pyrrole nitrogens is 1. The molecule has 1 fully saturated rings. The van der Waals surface area contributed by atoms with Gasteiger partial charge >= 0.3 is 0 Å². The molecule has 0 saturated heterocycles. The van der Waals surface area contributed by atoms with Crippen LogP contribution in [0.2, 0.25) is 5.02 Å². The summed E-state index contributed by atoms with van der Waals surface area (Å²) in [6.07, 6.45) is 0.792. The minimum Gasteiger partial charge on any atom is -0.492 e. The topological polar surface area (TPSA) is 76.2 Å². The average molecular weight is 404 g/mol. The van der Waals surface area contributed by atoms with Crippen LogP contribution in [0.15, 0.2) is 30.3 Å². The monoisotopic (exact) mass is 403 g/mol. The van der Waals surface area contributed by atoms with Gasteiger partial charge < -0.3 is 19.8 Å². The Balaban J connectivity index is 1.55. The van der Waals surface area contributed by atoms with E-state index >= 15 is 0 Å². The Kier molecular flexibility index (Phi) is 4.95. The molecule has 2 aromatic heterocycles. The Morgan fingerprint density at radius 3 is 2.86 bits per heavy atom. The summed E-state index contributed by atoms with van der Waals surface area (Å²) in [5.74, 6) is -0.695. The molecule has 2 heterocycles. The van der Waals surface area contributed by atoms with E-state index in [1.807, 2.05) is 12.1 Å². The second-order valence-corrected chi connectivity index (χ2v) is 7.14. The van der Waals surface area contributed by atoms with Crippen LogP contribution in [0, 0.1) is 11.9 Å². The molecule has 1 aliphatic rings. The van der Waals surface area contributed by atoms with E-state index < -0.39 is 5.95 Å². The van der Waals surface area contributed by atoms with Crippen LogP contribution in [-0.2, 0) is 16.1 Å². The number of methoxy groups -OCH3 is 2. The van der Waals surface area contributed by atoms with E-state index in [-0.39, 0.29) is 23.7 Å². The summed E-state index contributed by atoms with van der Waals surface area (Å²) in [6, 6.07) is 8.70. The summed E-state index contributed by atoms with van der Waals surface area (Å²) in [6.45, 7) is 0.378. The SMILES string of the molecule is COc1ccc(-c2cc3[nH]c(CNC(=O)[C@@H]4C[C@H]4OC)cc3cc2Cl)nc1F. The van der Waals surface area contributed by atoms with Gasteiger partial charge in [0.05, 0.1) is 36.4 Å². The molecule has 0 unspecified atom stereocenters. The van der Waals surface area contributed by atoms with E-state index in [2.05, 4.69) is 15.3 Å². The highest BCUT2D eigenvalue weighted by molar-refractivity contribution is 6.34. The van der Waals surface area contributed by atoms with Gasteiger partial charge in [0.25, 0.3) is 5.95 Å². The molecule has 0 radical (unpaired) electrons. The maximum Gasteiger partial charge on any atom is 0.255 e. The van der Waals surface area contributed by atoms with Crippen molar-refractivity contribution in [1.29, 1.82) is 0 Å². The number of aromatic amines is 1. The third kappa shape index (κ3) is 3.55. The normalized spacial score (nSPS) is 18.3. The molecule has 146 valence electrons. The van der Waals surface area contributed by atoms with Crippen molar-refractivity contribution in [2.24, 2.45) is 5.92 Å². The van der Waals surface area contributed by atoms with Gasteiger partial charge in [0.2, 0.25) is 5.91 Å². The molecule has 3 aromatic rings.